The van der Waals surface area contributed by atoms with E-state index in [-0.39, 0.29) is 0 Å². The van der Waals surface area contributed by atoms with Crippen LogP contribution in [0.5, 0.6) is 0 Å². The fraction of sp³-hybridized carbons (Fsp3) is 0.583. The van der Waals surface area contributed by atoms with E-state index in [1.165, 1.54) is 8.66 Å². The lowest BCUT2D eigenvalue weighted by atomic mass is 10.3. The second kappa shape index (κ2) is 9.35. The molecule has 0 radical (unpaired) electrons. The van der Waals surface area contributed by atoms with E-state index in [2.05, 4.69) is 50.6 Å². The predicted molar refractivity (Wildman–Crippen MR) is 81.6 cm³/mol. The number of rotatable bonds is 7. The molecule has 2 N–H and O–H groups in total. The highest BCUT2D eigenvalue weighted by molar-refractivity contribution is 9.11. The second-order valence-corrected chi connectivity index (χ2v) is 6.18. The van der Waals surface area contributed by atoms with E-state index < -0.39 is 0 Å². The molecular formula is C12H20BrN3OS. The molecule has 18 heavy (non-hydrogen) atoms. The van der Waals surface area contributed by atoms with Crippen molar-refractivity contribution in [3.63, 3.8) is 0 Å². The molecule has 0 spiro atoms. The van der Waals surface area contributed by atoms with Crippen LogP contribution in [0.4, 0.5) is 0 Å². The van der Waals surface area contributed by atoms with E-state index in [1.807, 2.05) is 0 Å². The van der Waals surface area contributed by atoms with Gasteiger partial charge in [-0.2, -0.15) is 0 Å². The average molecular weight is 334 g/mol. The highest BCUT2D eigenvalue weighted by Crippen LogP contribution is 2.21. The van der Waals surface area contributed by atoms with Crippen molar-refractivity contribution < 1.29 is 4.74 Å². The smallest absolute Gasteiger partial charge is 0.191 e. The first-order valence-electron chi connectivity index (χ1n) is 6.01. The third kappa shape index (κ3) is 6.37. The molecule has 0 aromatic carbocycles. The Bertz CT molecular complexity index is 368. The van der Waals surface area contributed by atoms with Gasteiger partial charge in [-0.25, -0.2) is 0 Å². The fourth-order valence-corrected chi connectivity index (χ4v) is 2.86. The lowest BCUT2D eigenvalue weighted by Crippen LogP contribution is -2.38. The standard InChI is InChI=1S/C12H20BrN3OS/c1-3-14-12(16-8-9-17-2)15-7-6-10-4-5-11(13)18-10/h4-5H,3,6-9H2,1-2H3,(H2,14,15,16). The maximum Gasteiger partial charge on any atom is 0.191 e. The molecule has 1 rings (SSSR count). The Hall–Kier alpha value is -0.590. The van der Waals surface area contributed by atoms with Crippen LogP contribution in [0.3, 0.4) is 0 Å². The van der Waals surface area contributed by atoms with Gasteiger partial charge in [0.25, 0.3) is 0 Å². The molecule has 1 heterocycles. The summed E-state index contributed by atoms with van der Waals surface area (Å²) in [5, 5.41) is 6.52. The number of guanidine groups is 1. The largest absolute Gasteiger partial charge is 0.383 e. The summed E-state index contributed by atoms with van der Waals surface area (Å²) in [6.07, 6.45) is 1.00. The molecular weight excluding hydrogens is 314 g/mol. The molecule has 0 atom stereocenters. The summed E-state index contributed by atoms with van der Waals surface area (Å²) in [6.45, 7) is 5.13. The molecule has 0 amide bonds. The van der Waals surface area contributed by atoms with E-state index in [4.69, 9.17) is 4.74 Å². The lowest BCUT2D eigenvalue weighted by molar-refractivity contribution is 0.208. The van der Waals surface area contributed by atoms with Gasteiger partial charge in [0.2, 0.25) is 0 Å². The van der Waals surface area contributed by atoms with Gasteiger partial charge < -0.3 is 15.4 Å². The van der Waals surface area contributed by atoms with Gasteiger partial charge in [0, 0.05) is 25.1 Å². The Labute approximate surface area is 121 Å². The number of hydrogen-bond donors (Lipinski definition) is 2. The zero-order chi connectivity index (χ0) is 13.2. The zero-order valence-electron chi connectivity index (χ0n) is 10.8. The minimum atomic E-state index is 0.647. The van der Waals surface area contributed by atoms with E-state index in [0.717, 1.165) is 25.5 Å². The SMILES string of the molecule is CCNC(=NCCOC)NCCc1ccc(Br)s1. The number of nitrogens with one attached hydrogen (secondary N) is 2. The molecule has 0 saturated heterocycles. The van der Waals surface area contributed by atoms with Gasteiger partial charge in [0.15, 0.2) is 5.96 Å². The Balaban J connectivity index is 2.30. The minimum absolute atomic E-state index is 0.647. The van der Waals surface area contributed by atoms with Gasteiger partial charge >= 0.3 is 0 Å². The number of ether oxygens (including phenoxy) is 1. The molecule has 6 heteroatoms. The number of hydrogen-bond acceptors (Lipinski definition) is 3. The van der Waals surface area contributed by atoms with E-state index in [0.29, 0.717) is 13.2 Å². The third-order valence-corrected chi connectivity index (χ3v) is 3.89. The van der Waals surface area contributed by atoms with E-state index in [1.54, 1.807) is 18.4 Å². The molecule has 0 aliphatic heterocycles. The highest BCUT2D eigenvalue weighted by atomic mass is 79.9. The summed E-state index contributed by atoms with van der Waals surface area (Å²) in [6, 6.07) is 4.23. The normalized spacial score (nSPS) is 11.6. The predicted octanol–water partition coefficient (Wildman–Crippen LogP) is 2.25. The second-order valence-electron chi connectivity index (χ2n) is 3.64. The van der Waals surface area contributed by atoms with Gasteiger partial charge in [-0.3, -0.25) is 4.99 Å². The van der Waals surface area contributed by atoms with Crippen molar-refractivity contribution in [3.05, 3.63) is 20.8 Å². The number of thiophene rings is 1. The van der Waals surface area contributed by atoms with Crippen molar-refractivity contribution in [1.82, 2.24) is 10.6 Å². The Morgan fingerprint density at radius 3 is 2.89 bits per heavy atom. The van der Waals surface area contributed by atoms with E-state index >= 15 is 0 Å². The quantitative estimate of drug-likeness (QED) is 0.457. The van der Waals surface area contributed by atoms with Crippen molar-refractivity contribution in [2.45, 2.75) is 13.3 Å². The van der Waals surface area contributed by atoms with Crippen molar-refractivity contribution in [3.8, 4) is 0 Å². The van der Waals surface area contributed by atoms with Crippen LogP contribution >= 0.6 is 27.3 Å². The van der Waals surface area contributed by atoms with Gasteiger partial charge in [-0.15, -0.1) is 11.3 Å². The first-order valence-corrected chi connectivity index (χ1v) is 7.62. The van der Waals surface area contributed by atoms with Crippen LogP contribution in [-0.4, -0.2) is 39.3 Å². The van der Waals surface area contributed by atoms with Crippen LogP contribution in [0.15, 0.2) is 20.9 Å². The maximum atomic E-state index is 4.98. The fourth-order valence-electron chi connectivity index (χ4n) is 1.38. The van der Waals surface area contributed by atoms with Crippen LogP contribution in [-0.2, 0) is 11.2 Å². The van der Waals surface area contributed by atoms with Gasteiger partial charge in [-0.05, 0) is 41.4 Å². The van der Waals surface area contributed by atoms with Crippen molar-refractivity contribution >= 4 is 33.2 Å². The summed E-state index contributed by atoms with van der Waals surface area (Å²) in [7, 11) is 1.69. The summed E-state index contributed by atoms with van der Waals surface area (Å²) < 4.78 is 6.16. The van der Waals surface area contributed by atoms with Gasteiger partial charge in [0.1, 0.15) is 0 Å². The zero-order valence-corrected chi connectivity index (χ0v) is 13.2. The third-order valence-electron chi connectivity index (χ3n) is 2.20. The lowest BCUT2D eigenvalue weighted by Gasteiger charge is -2.10. The summed E-state index contributed by atoms with van der Waals surface area (Å²) in [4.78, 5) is 5.77. The molecule has 0 aliphatic carbocycles. The van der Waals surface area contributed by atoms with Gasteiger partial charge in [0.05, 0.1) is 16.9 Å². The summed E-state index contributed by atoms with van der Waals surface area (Å²) in [5.74, 6) is 0.852. The Morgan fingerprint density at radius 1 is 1.44 bits per heavy atom. The van der Waals surface area contributed by atoms with Crippen LogP contribution in [0.2, 0.25) is 0 Å². The van der Waals surface area contributed by atoms with Crippen LogP contribution in [0.25, 0.3) is 0 Å². The van der Waals surface area contributed by atoms with E-state index in [9.17, 15) is 0 Å². The number of aliphatic imine (C=N–C) groups is 1. The van der Waals surface area contributed by atoms with Crippen LogP contribution < -0.4 is 10.6 Å². The molecule has 0 saturated carbocycles. The minimum Gasteiger partial charge on any atom is -0.383 e. The van der Waals surface area contributed by atoms with Crippen molar-refractivity contribution in [2.24, 2.45) is 4.99 Å². The topological polar surface area (TPSA) is 45.7 Å². The first kappa shape index (κ1) is 15.5. The summed E-state index contributed by atoms with van der Waals surface area (Å²) >= 11 is 5.24. The maximum absolute atomic E-state index is 4.98. The molecule has 0 bridgehead atoms. The number of halogens is 1. The van der Waals surface area contributed by atoms with Crippen molar-refractivity contribution in [2.75, 3.05) is 33.4 Å². The Kier molecular flexibility index (Phi) is 8.04. The first-order chi connectivity index (χ1) is 8.76. The van der Waals surface area contributed by atoms with Gasteiger partial charge in [-0.1, -0.05) is 0 Å². The Morgan fingerprint density at radius 2 is 2.28 bits per heavy atom. The molecule has 0 aliphatic rings. The monoisotopic (exact) mass is 333 g/mol. The molecule has 4 nitrogen and oxygen atoms in total. The van der Waals surface area contributed by atoms with Crippen LogP contribution in [0, 0.1) is 0 Å². The van der Waals surface area contributed by atoms with Crippen LogP contribution in [0.1, 0.15) is 11.8 Å². The number of nitrogens with zero attached hydrogens (tertiary/aromatic N) is 1. The highest BCUT2D eigenvalue weighted by Gasteiger charge is 1.99. The van der Waals surface area contributed by atoms with Crippen molar-refractivity contribution in [1.29, 1.82) is 0 Å². The molecule has 102 valence electrons. The molecule has 0 fully saturated rings. The molecule has 1 aromatic rings. The molecule has 1 aromatic heterocycles. The summed E-state index contributed by atoms with van der Waals surface area (Å²) in [5.41, 5.74) is 0. The molecule has 0 unspecified atom stereocenters. The number of methoxy groups -OCH3 is 1. The average Bonchev–Trinajstić information content (AvgIpc) is 2.75.